The van der Waals surface area contributed by atoms with Gasteiger partial charge in [-0.05, 0) is 23.9 Å². The second-order valence-corrected chi connectivity index (χ2v) is 4.98. The van der Waals surface area contributed by atoms with E-state index in [9.17, 15) is 0 Å². The van der Waals surface area contributed by atoms with Gasteiger partial charge in [-0.1, -0.05) is 0 Å². The first-order chi connectivity index (χ1) is 8.83. The number of fused-ring (bicyclic) bond motifs is 1. The molecule has 0 aliphatic heterocycles. The van der Waals surface area contributed by atoms with E-state index in [1.807, 2.05) is 35.4 Å². The lowest BCUT2D eigenvalue weighted by Crippen LogP contribution is -2.11. The molecule has 18 heavy (non-hydrogen) atoms. The summed E-state index contributed by atoms with van der Waals surface area (Å²) in [5, 5.41) is 9.60. The third-order valence-electron chi connectivity index (χ3n) is 2.64. The molecule has 0 bridgehead atoms. The van der Waals surface area contributed by atoms with Gasteiger partial charge in [0.05, 0.1) is 23.0 Å². The molecule has 0 radical (unpaired) electrons. The zero-order valence-corrected chi connectivity index (χ0v) is 10.8. The molecule has 5 nitrogen and oxygen atoms in total. The van der Waals surface area contributed by atoms with E-state index in [2.05, 4.69) is 20.4 Å². The SMILES string of the molecule is Cc1cnn(CCNc2ncnc3ccsc23)c1. The van der Waals surface area contributed by atoms with Crippen LogP contribution in [0.15, 0.2) is 30.2 Å². The van der Waals surface area contributed by atoms with Gasteiger partial charge in [-0.25, -0.2) is 9.97 Å². The van der Waals surface area contributed by atoms with Crippen LogP contribution in [0.1, 0.15) is 5.56 Å². The first kappa shape index (κ1) is 11.2. The van der Waals surface area contributed by atoms with Crippen LogP contribution < -0.4 is 5.32 Å². The molecule has 3 rings (SSSR count). The van der Waals surface area contributed by atoms with Crippen LogP contribution in [-0.2, 0) is 6.54 Å². The number of nitrogens with zero attached hydrogens (tertiary/aromatic N) is 4. The molecular weight excluding hydrogens is 246 g/mol. The fraction of sp³-hybridized carbons (Fsp3) is 0.250. The highest BCUT2D eigenvalue weighted by Gasteiger charge is 2.03. The second kappa shape index (κ2) is 4.73. The molecule has 0 spiro atoms. The van der Waals surface area contributed by atoms with Gasteiger partial charge in [0.15, 0.2) is 0 Å². The largest absolute Gasteiger partial charge is 0.367 e. The van der Waals surface area contributed by atoms with Crippen molar-refractivity contribution in [1.29, 1.82) is 0 Å². The summed E-state index contributed by atoms with van der Waals surface area (Å²) < 4.78 is 3.03. The van der Waals surface area contributed by atoms with Gasteiger partial charge in [0.2, 0.25) is 0 Å². The minimum atomic E-state index is 0.797. The van der Waals surface area contributed by atoms with Gasteiger partial charge in [-0.15, -0.1) is 11.3 Å². The summed E-state index contributed by atoms with van der Waals surface area (Å²) in [6.45, 7) is 3.66. The van der Waals surface area contributed by atoms with Crippen molar-refractivity contribution in [3.8, 4) is 0 Å². The van der Waals surface area contributed by atoms with Crippen LogP contribution in [0, 0.1) is 6.92 Å². The van der Waals surface area contributed by atoms with Crippen LogP contribution in [-0.4, -0.2) is 26.3 Å². The zero-order chi connectivity index (χ0) is 12.4. The van der Waals surface area contributed by atoms with Crippen LogP contribution in [0.2, 0.25) is 0 Å². The lowest BCUT2D eigenvalue weighted by Gasteiger charge is -2.06. The number of aromatic nitrogens is 4. The molecule has 1 N–H and O–H groups in total. The maximum atomic E-state index is 4.27. The molecule has 92 valence electrons. The summed E-state index contributed by atoms with van der Waals surface area (Å²) >= 11 is 1.65. The fourth-order valence-electron chi connectivity index (χ4n) is 1.79. The highest BCUT2D eigenvalue weighted by Crippen LogP contribution is 2.24. The molecule has 3 heterocycles. The molecule has 3 aromatic rings. The Kier molecular flexibility index (Phi) is 2.93. The number of thiophene rings is 1. The quantitative estimate of drug-likeness (QED) is 0.781. The summed E-state index contributed by atoms with van der Waals surface area (Å²) in [4.78, 5) is 8.49. The molecule has 0 saturated carbocycles. The predicted octanol–water partition coefficient (Wildman–Crippen LogP) is 2.31. The minimum Gasteiger partial charge on any atom is -0.367 e. The van der Waals surface area contributed by atoms with Crippen molar-refractivity contribution in [2.45, 2.75) is 13.5 Å². The summed E-state index contributed by atoms with van der Waals surface area (Å²) in [6, 6.07) is 2.00. The molecule has 6 heteroatoms. The Morgan fingerprint density at radius 1 is 1.39 bits per heavy atom. The lowest BCUT2D eigenvalue weighted by atomic mass is 10.4. The van der Waals surface area contributed by atoms with E-state index in [1.54, 1.807) is 17.7 Å². The summed E-state index contributed by atoms with van der Waals surface area (Å²) in [5.41, 5.74) is 2.17. The number of nitrogens with one attached hydrogen (secondary N) is 1. The average Bonchev–Trinajstić information content (AvgIpc) is 2.98. The number of aryl methyl sites for hydroxylation is 1. The molecule has 0 fully saturated rings. The number of hydrogen-bond acceptors (Lipinski definition) is 5. The van der Waals surface area contributed by atoms with E-state index in [0.717, 1.165) is 29.1 Å². The van der Waals surface area contributed by atoms with E-state index in [-0.39, 0.29) is 0 Å². The highest BCUT2D eigenvalue weighted by molar-refractivity contribution is 7.17. The van der Waals surface area contributed by atoms with Gasteiger partial charge >= 0.3 is 0 Å². The monoisotopic (exact) mass is 259 g/mol. The molecule has 0 aliphatic carbocycles. The van der Waals surface area contributed by atoms with E-state index < -0.39 is 0 Å². The molecule has 0 unspecified atom stereocenters. The second-order valence-electron chi connectivity index (χ2n) is 4.06. The normalized spacial score (nSPS) is 10.9. The van der Waals surface area contributed by atoms with Crippen molar-refractivity contribution in [3.05, 3.63) is 35.7 Å². The van der Waals surface area contributed by atoms with E-state index in [0.29, 0.717) is 0 Å². The van der Waals surface area contributed by atoms with E-state index in [4.69, 9.17) is 0 Å². The Balaban J connectivity index is 1.68. The Morgan fingerprint density at radius 3 is 3.17 bits per heavy atom. The molecule has 0 aliphatic rings. The summed E-state index contributed by atoms with van der Waals surface area (Å²) in [5.74, 6) is 0.902. The summed E-state index contributed by atoms with van der Waals surface area (Å²) in [7, 11) is 0. The van der Waals surface area contributed by atoms with Crippen molar-refractivity contribution < 1.29 is 0 Å². The smallest absolute Gasteiger partial charge is 0.147 e. The van der Waals surface area contributed by atoms with Gasteiger partial charge in [-0.2, -0.15) is 5.10 Å². The summed E-state index contributed by atoms with van der Waals surface area (Å²) in [6.07, 6.45) is 5.49. The maximum absolute atomic E-state index is 4.27. The Morgan fingerprint density at radius 2 is 2.33 bits per heavy atom. The van der Waals surface area contributed by atoms with Gasteiger partial charge in [-0.3, -0.25) is 4.68 Å². The van der Waals surface area contributed by atoms with E-state index in [1.165, 1.54) is 5.56 Å². The van der Waals surface area contributed by atoms with Gasteiger partial charge in [0.1, 0.15) is 12.1 Å². The van der Waals surface area contributed by atoms with Gasteiger partial charge in [0.25, 0.3) is 0 Å². The van der Waals surface area contributed by atoms with Gasteiger partial charge in [0, 0.05) is 12.7 Å². The molecule has 0 saturated heterocycles. The number of anilines is 1. The predicted molar refractivity (Wildman–Crippen MR) is 72.9 cm³/mol. The Labute approximate surface area is 109 Å². The third kappa shape index (κ3) is 2.19. The third-order valence-corrected chi connectivity index (χ3v) is 3.55. The Bertz CT molecular complexity index is 657. The van der Waals surface area contributed by atoms with Crippen LogP contribution in [0.5, 0.6) is 0 Å². The fourth-order valence-corrected chi connectivity index (χ4v) is 2.60. The topological polar surface area (TPSA) is 55.6 Å². The first-order valence-corrected chi connectivity index (χ1v) is 6.62. The van der Waals surface area contributed by atoms with Crippen molar-refractivity contribution in [2.75, 3.05) is 11.9 Å². The molecule has 0 amide bonds. The molecule has 0 atom stereocenters. The Hall–Kier alpha value is -1.95. The zero-order valence-electron chi connectivity index (χ0n) is 10.00. The number of hydrogen-bond donors (Lipinski definition) is 1. The van der Waals surface area contributed by atoms with Crippen molar-refractivity contribution in [2.24, 2.45) is 0 Å². The molecular formula is C12H13N5S. The average molecular weight is 259 g/mol. The highest BCUT2D eigenvalue weighted by atomic mass is 32.1. The van der Waals surface area contributed by atoms with Crippen LogP contribution >= 0.6 is 11.3 Å². The lowest BCUT2D eigenvalue weighted by molar-refractivity contribution is 0.637. The standard InChI is InChI=1S/C12H13N5S/c1-9-6-16-17(7-9)4-3-13-12-11-10(2-5-18-11)14-8-15-12/h2,5-8H,3-4H2,1H3,(H,13,14,15). The number of rotatable bonds is 4. The van der Waals surface area contributed by atoms with Crippen LogP contribution in [0.25, 0.3) is 10.2 Å². The minimum absolute atomic E-state index is 0.797. The van der Waals surface area contributed by atoms with Crippen molar-refractivity contribution >= 4 is 27.4 Å². The molecule has 0 aromatic carbocycles. The van der Waals surface area contributed by atoms with E-state index >= 15 is 0 Å². The maximum Gasteiger partial charge on any atom is 0.147 e. The first-order valence-electron chi connectivity index (χ1n) is 5.74. The molecule has 3 aromatic heterocycles. The van der Waals surface area contributed by atoms with Crippen molar-refractivity contribution in [1.82, 2.24) is 19.7 Å². The van der Waals surface area contributed by atoms with Crippen molar-refractivity contribution in [3.63, 3.8) is 0 Å². The van der Waals surface area contributed by atoms with Crippen LogP contribution in [0.4, 0.5) is 5.82 Å². The van der Waals surface area contributed by atoms with Gasteiger partial charge < -0.3 is 5.32 Å². The van der Waals surface area contributed by atoms with Crippen LogP contribution in [0.3, 0.4) is 0 Å².